The number of anilines is 1. The SMILES string of the molecule is FC(F)(F)c1ccnc(NCCc2ccc3c(c2)OCO3)n1. The molecule has 0 bridgehead atoms. The van der Waals surface area contributed by atoms with Gasteiger partial charge in [-0.05, 0) is 30.2 Å². The molecule has 116 valence electrons. The Balaban J connectivity index is 1.59. The molecule has 0 atom stereocenters. The molecule has 0 radical (unpaired) electrons. The smallest absolute Gasteiger partial charge is 0.433 e. The van der Waals surface area contributed by atoms with Crippen LogP contribution in [-0.4, -0.2) is 23.3 Å². The summed E-state index contributed by atoms with van der Waals surface area (Å²) in [6, 6.07) is 6.36. The summed E-state index contributed by atoms with van der Waals surface area (Å²) in [5, 5.41) is 2.78. The normalized spacial score (nSPS) is 13.2. The maximum atomic E-state index is 12.5. The summed E-state index contributed by atoms with van der Waals surface area (Å²) < 4.78 is 48.1. The van der Waals surface area contributed by atoms with E-state index in [1.54, 1.807) is 6.07 Å². The fourth-order valence-corrected chi connectivity index (χ4v) is 2.02. The third-order valence-corrected chi connectivity index (χ3v) is 3.08. The zero-order valence-corrected chi connectivity index (χ0v) is 11.4. The van der Waals surface area contributed by atoms with Crippen LogP contribution in [0.5, 0.6) is 11.5 Å². The van der Waals surface area contributed by atoms with Crippen molar-refractivity contribution in [2.45, 2.75) is 12.6 Å². The van der Waals surface area contributed by atoms with E-state index in [4.69, 9.17) is 9.47 Å². The largest absolute Gasteiger partial charge is 0.454 e. The molecule has 0 aliphatic carbocycles. The van der Waals surface area contributed by atoms with E-state index in [1.165, 1.54) is 0 Å². The van der Waals surface area contributed by atoms with Crippen LogP contribution in [-0.2, 0) is 12.6 Å². The topological polar surface area (TPSA) is 56.3 Å². The number of alkyl halides is 3. The first-order valence-electron chi connectivity index (χ1n) is 6.55. The number of hydrogen-bond donors (Lipinski definition) is 1. The highest BCUT2D eigenvalue weighted by atomic mass is 19.4. The van der Waals surface area contributed by atoms with Gasteiger partial charge in [-0.15, -0.1) is 0 Å². The summed E-state index contributed by atoms with van der Waals surface area (Å²) in [5.74, 6) is 1.32. The third kappa shape index (κ3) is 3.21. The van der Waals surface area contributed by atoms with E-state index in [9.17, 15) is 13.2 Å². The van der Waals surface area contributed by atoms with Gasteiger partial charge in [0, 0.05) is 12.7 Å². The molecule has 2 aromatic rings. The third-order valence-electron chi connectivity index (χ3n) is 3.08. The number of hydrogen-bond acceptors (Lipinski definition) is 5. The molecule has 22 heavy (non-hydrogen) atoms. The summed E-state index contributed by atoms with van der Waals surface area (Å²) >= 11 is 0. The highest BCUT2D eigenvalue weighted by Gasteiger charge is 2.32. The summed E-state index contributed by atoms with van der Waals surface area (Å²) in [4.78, 5) is 7.22. The second-order valence-corrected chi connectivity index (χ2v) is 4.63. The molecule has 1 aromatic carbocycles. The lowest BCUT2D eigenvalue weighted by Crippen LogP contribution is -2.13. The van der Waals surface area contributed by atoms with Crippen LogP contribution in [0.1, 0.15) is 11.3 Å². The second-order valence-electron chi connectivity index (χ2n) is 4.63. The summed E-state index contributed by atoms with van der Waals surface area (Å²) in [6.07, 6.45) is -2.80. The average molecular weight is 311 g/mol. The maximum Gasteiger partial charge on any atom is 0.433 e. The van der Waals surface area contributed by atoms with Gasteiger partial charge in [0.2, 0.25) is 12.7 Å². The number of nitrogens with zero attached hydrogens (tertiary/aromatic N) is 2. The van der Waals surface area contributed by atoms with Crippen LogP contribution in [0.15, 0.2) is 30.5 Å². The van der Waals surface area contributed by atoms with Crippen LogP contribution in [0.3, 0.4) is 0 Å². The van der Waals surface area contributed by atoms with E-state index in [0.717, 1.165) is 17.8 Å². The van der Waals surface area contributed by atoms with Crippen molar-refractivity contribution in [1.82, 2.24) is 9.97 Å². The van der Waals surface area contributed by atoms with Gasteiger partial charge in [-0.2, -0.15) is 13.2 Å². The number of rotatable bonds is 4. The fourth-order valence-electron chi connectivity index (χ4n) is 2.02. The molecule has 1 aliphatic heterocycles. The Bertz CT molecular complexity index is 677. The molecule has 0 saturated heterocycles. The first kappa shape index (κ1) is 14.4. The molecule has 0 unspecified atom stereocenters. The lowest BCUT2D eigenvalue weighted by Gasteiger charge is -2.08. The Labute approximate surface area is 124 Å². The minimum atomic E-state index is -4.48. The van der Waals surface area contributed by atoms with E-state index in [0.29, 0.717) is 24.5 Å². The van der Waals surface area contributed by atoms with Crippen LogP contribution < -0.4 is 14.8 Å². The Morgan fingerprint density at radius 1 is 1.14 bits per heavy atom. The van der Waals surface area contributed by atoms with E-state index in [1.807, 2.05) is 12.1 Å². The molecule has 1 aliphatic rings. The number of aromatic nitrogens is 2. The first-order valence-corrected chi connectivity index (χ1v) is 6.55. The minimum absolute atomic E-state index is 0.0458. The van der Waals surface area contributed by atoms with Gasteiger partial charge in [0.1, 0.15) is 5.69 Å². The van der Waals surface area contributed by atoms with E-state index in [2.05, 4.69) is 15.3 Å². The van der Waals surface area contributed by atoms with Crippen molar-refractivity contribution in [3.05, 3.63) is 41.7 Å². The molecular weight excluding hydrogens is 299 g/mol. The van der Waals surface area contributed by atoms with Crippen LogP contribution in [0, 0.1) is 0 Å². The monoisotopic (exact) mass is 311 g/mol. The molecule has 0 spiro atoms. The molecule has 1 N–H and O–H groups in total. The lowest BCUT2D eigenvalue weighted by molar-refractivity contribution is -0.141. The van der Waals surface area contributed by atoms with Gasteiger partial charge >= 0.3 is 6.18 Å². The fraction of sp³-hybridized carbons (Fsp3) is 0.286. The Morgan fingerprint density at radius 3 is 2.77 bits per heavy atom. The van der Waals surface area contributed by atoms with E-state index >= 15 is 0 Å². The summed E-state index contributed by atoms with van der Waals surface area (Å²) in [5.41, 5.74) is 0.0109. The minimum Gasteiger partial charge on any atom is -0.454 e. The van der Waals surface area contributed by atoms with Gasteiger partial charge in [0.05, 0.1) is 0 Å². The predicted octanol–water partition coefficient (Wildman–Crippen LogP) is 2.88. The molecule has 0 fully saturated rings. The lowest BCUT2D eigenvalue weighted by atomic mass is 10.1. The van der Waals surface area contributed by atoms with Crippen molar-refractivity contribution < 1.29 is 22.6 Å². The predicted molar refractivity (Wildman–Crippen MR) is 71.8 cm³/mol. The number of benzene rings is 1. The number of fused-ring (bicyclic) bond motifs is 1. The summed E-state index contributed by atoms with van der Waals surface area (Å²) in [6.45, 7) is 0.607. The molecule has 8 heteroatoms. The van der Waals surface area contributed by atoms with Crippen molar-refractivity contribution in [3.63, 3.8) is 0 Å². The summed E-state index contributed by atoms with van der Waals surface area (Å²) in [7, 11) is 0. The van der Waals surface area contributed by atoms with Crippen LogP contribution in [0.4, 0.5) is 19.1 Å². The van der Waals surface area contributed by atoms with Gasteiger partial charge in [-0.1, -0.05) is 6.07 Å². The Morgan fingerprint density at radius 2 is 1.95 bits per heavy atom. The zero-order valence-electron chi connectivity index (χ0n) is 11.4. The van der Waals surface area contributed by atoms with Crippen molar-refractivity contribution >= 4 is 5.95 Å². The second kappa shape index (κ2) is 5.70. The highest BCUT2D eigenvalue weighted by Crippen LogP contribution is 2.32. The molecule has 5 nitrogen and oxygen atoms in total. The molecule has 3 rings (SSSR count). The Hall–Kier alpha value is -2.51. The molecule has 0 amide bonds. The van der Waals surface area contributed by atoms with Crippen LogP contribution in [0.25, 0.3) is 0 Å². The number of nitrogens with one attached hydrogen (secondary N) is 1. The van der Waals surface area contributed by atoms with Gasteiger partial charge in [-0.3, -0.25) is 0 Å². The average Bonchev–Trinajstić information content (AvgIpc) is 2.94. The molecular formula is C14H12F3N3O2. The van der Waals surface area contributed by atoms with Crippen molar-refractivity contribution in [2.75, 3.05) is 18.7 Å². The molecule has 0 saturated carbocycles. The van der Waals surface area contributed by atoms with Gasteiger partial charge < -0.3 is 14.8 Å². The first-order chi connectivity index (χ1) is 10.5. The zero-order chi connectivity index (χ0) is 15.6. The molecule has 1 aromatic heterocycles. The molecule has 2 heterocycles. The van der Waals surface area contributed by atoms with Crippen LogP contribution >= 0.6 is 0 Å². The van der Waals surface area contributed by atoms with Gasteiger partial charge in [-0.25, -0.2) is 9.97 Å². The number of halogens is 3. The van der Waals surface area contributed by atoms with Crippen molar-refractivity contribution in [3.8, 4) is 11.5 Å². The number of ether oxygens (including phenoxy) is 2. The maximum absolute atomic E-state index is 12.5. The van der Waals surface area contributed by atoms with Gasteiger partial charge in [0.25, 0.3) is 0 Å². The van der Waals surface area contributed by atoms with Gasteiger partial charge in [0.15, 0.2) is 11.5 Å². The highest BCUT2D eigenvalue weighted by molar-refractivity contribution is 5.44. The Kier molecular flexibility index (Phi) is 3.74. The van der Waals surface area contributed by atoms with Crippen LogP contribution in [0.2, 0.25) is 0 Å². The van der Waals surface area contributed by atoms with E-state index < -0.39 is 11.9 Å². The van der Waals surface area contributed by atoms with E-state index in [-0.39, 0.29) is 12.7 Å². The van der Waals surface area contributed by atoms with Crippen molar-refractivity contribution in [2.24, 2.45) is 0 Å². The standard InChI is InChI=1S/C14H12F3N3O2/c15-14(16,17)12-4-6-19-13(20-12)18-5-3-9-1-2-10-11(7-9)22-8-21-10/h1-2,4,6-7H,3,5,8H2,(H,18,19,20). The van der Waals surface area contributed by atoms with Crippen molar-refractivity contribution in [1.29, 1.82) is 0 Å². The quantitative estimate of drug-likeness (QED) is 0.941.